The highest BCUT2D eigenvalue weighted by Gasteiger charge is 2.44. The largest absolute Gasteiger partial charge is 0.454 e. The topological polar surface area (TPSA) is 88.7 Å². The number of rotatable bonds is 3. The lowest BCUT2D eigenvalue weighted by atomic mass is 10.1. The number of carbonyl (C=O) groups excluding carboxylic acids is 2. The quantitative estimate of drug-likeness (QED) is 0.740. The van der Waals surface area contributed by atoms with Crippen LogP contribution >= 0.6 is 0 Å². The third-order valence-corrected chi connectivity index (χ3v) is 4.56. The minimum Gasteiger partial charge on any atom is -0.454 e. The Morgan fingerprint density at radius 1 is 1.00 bits per heavy atom. The molecular weight excluding hydrogens is 334 g/mol. The lowest BCUT2D eigenvalue weighted by Gasteiger charge is -2.09. The predicted octanol–water partition coefficient (Wildman–Crippen LogP) is 2.68. The minimum absolute atomic E-state index is 0.108. The molecular formula is C19H19N3O4. The molecule has 0 unspecified atom stereocenters. The summed E-state index contributed by atoms with van der Waals surface area (Å²) in [4.78, 5) is 24.1. The molecule has 7 nitrogen and oxygen atoms in total. The van der Waals surface area contributed by atoms with E-state index in [9.17, 15) is 9.59 Å². The fourth-order valence-corrected chi connectivity index (χ4v) is 3.01. The second-order valence-electron chi connectivity index (χ2n) is 6.50. The van der Waals surface area contributed by atoms with Crippen molar-refractivity contribution in [2.45, 2.75) is 19.3 Å². The summed E-state index contributed by atoms with van der Waals surface area (Å²) in [5.41, 5.74) is 7.74. The van der Waals surface area contributed by atoms with Crippen LogP contribution in [0.5, 0.6) is 11.5 Å². The number of carbonyl (C=O) groups is 2. The Kier molecular flexibility index (Phi) is 4.12. The number of ether oxygens (including phenoxy) is 2. The molecule has 1 aliphatic carbocycles. The fourth-order valence-electron chi connectivity index (χ4n) is 3.01. The van der Waals surface area contributed by atoms with Gasteiger partial charge in [0.15, 0.2) is 11.5 Å². The zero-order chi connectivity index (χ0) is 18.1. The van der Waals surface area contributed by atoms with Crippen molar-refractivity contribution in [2.24, 2.45) is 5.92 Å². The molecule has 2 atom stereocenters. The number of hydrazine groups is 1. The monoisotopic (exact) mass is 353 g/mol. The van der Waals surface area contributed by atoms with Crippen LogP contribution in [-0.2, 0) is 4.79 Å². The van der Waals surface area contributed by atoms with Crippen LogP contribution < -0.4 is 25.6 Å². The molecule has 1 aliphatic heterocycles. The van der Waals surface area contributed by atoms with Crippen LogP contribution in [0.3, 0.4) is 0 Å². The number of urea groups is 1. The van der Waals surface area contributed by atoms with E-state index in [0.29, 0.717) is 17.2 Å². The summed E-state index contributed by atoms with van der Waals surface area (Å²) in [6.07, 6.45) is 0.792. The molecule has 1 heterocycles. The van der Waals surface area contributed by atoms with Gasteiger partial charge < -0.3 is 14.8 Å². The van der Waals surface area contributed by atoms with Gasteiger partial charge in [0, 0.05) is 17.7 Å². The highest BCUT2D eigenvalue weighted by Crippen LogP contribution is 2.47. The van der Waals surface area contributed by atoms with Gasteiger partial charge in [-0.1, -0.05) is 29.8 Å². The molecule has 3 N–H and O–H groups in total. The molecule has 134 valence electrons. The molecule has 0 radical (unpaired) electrons. The smallest absolute Gasteiger partial charge is 0.337 e. The lowest BCUT2D eigenvalue weighted by Crippen LogP contribution is -2.44. The number of nitrogens with one attached hydrogen (secondary N) is 3. The summed E-state index contributed by atoms with van der Waals surface area (Å²) in [5.74, 6) is 1.14. The molecule has 4 rings (SSSR count). The van der Waals surface area contributed by atoms with Crippen molar-refractivity contribution < 1.29 is 19.1 Å². The van der Waals surface area contributed by atoms with Gasteiger partial charge in [0.25, 0.3) is 0 Å². The van der Waals surface area contributed by atoms with Crippen molar-refractivity contribution in [3.05, 3.63) is 53.6 Å². The maximum absolute atomic E-state index is 12.2. The van der Waals surface area contributed by atoms with E-state index in [2.05, 4.69) is 16.2 Å². The molecule has 26 heavy (non-hydrogen) atoms. The summed E-state index contributed by atoms with van der Waals surface area (Å²) in [6, 6.07) is 12.7. The van der Waals surface area contributed by atoms with Crippen LogP contribution in [0.15, 0.2) is 42.5 Å². The molecule has 0 saturated heterocycles. The summed E-state index contributed by atoms with van der Waals surface area (Å²) < 4.78 is 10.5. The van der Waals surface area contributed by atoms with Crippen LogP contribution in [0.25, 0.3) is 0 Å². The molecule has 0 bridgehead atoms. The van der Waals surface area contributed by atoms with Crippen molar-refractivity contribution in [2.75, 3.05) is 12.1 Å². The molecule has 1 saturated carbocycles. The van der Waals surface area contributed by atoms with Crippen LogP contribution in [0.4, 0.5) is 10.5 Å². The zero-order valence-electron chi connectivity index (χ0n) is 14.2. The van der Waals surface area contributed by atoms with Crippen molar-refractivity contribution in [1.82, 2.24) is 10.9 Å². The molecule has 1 fully saturated rings. The number of hydrogen-bond acceptors (Lipinski definition) is 4. The predicted molar refractivity (Wildman–Crippen MR) is 94.9 cm³/mol. The van der Waals surface area contributed by atoms with Crippen molar-refractivity contribution >= 4 is 17.6 Å². The van der Waals surface area contributed by atoms with Crippen LogP contribution in [0.2, 0.25) is 0 Å². The van der Waals surface area contributed by atoms with E-state index in [1.807, 2.05) is 31.2 Å². The van der Waals surface area contributed by atoms with E-state index in [-0.39, 0.29) is 24.5 Å². The Bertz CT molecular complexity index is 850. The number of benzene rings is 2. The van der Waals surface area contributed by atoms with Gasteiger partial charge in [0.1, 0.15) is 0 Å². The number of aryl methyl sites for hydroxylation is 1. The standard InChI is InChI=1S/C19H19N3O4/c1-11-2-4-12(5-3-11)14-9-15(14)18(23)21-22-19(24)20-13-6-7-16-17(8-13)26-10-25-16/h2-8,14-15H,9-10H2,1H3,(H,21,23)(H2,20,22,24)/t14-,15+/m0/s1. The number of hydrogen-bond donors (Lipinski definition) is 3. The van der Waals surface area contributed by atoms with E-state index in [1.165, 1.54) is 5.56 Å². The average molecular weight is 353 g/mol. The van der Waals surface area contributed by atoms with Crippen molar-refractivity contribution in [3.63, 3.8) is 0 Å². The third kappa shape index (κ3) is 3.42. The molecule has 2 aromatic carbocycles. The average Bonchev–Trinajstić information content (AvgIpc) is 3.30. The second-order valence-corrected chi connectivity index (χ2v) is 6.50. The van der Waals surface area contributed by atoms with Crippen molar-refractivity contribution in [3.8, 4) is 11.5 Å². The third-order valence-electron chi connectivity index (χ3n) is 4.56. The van der Waals surface area contributed by atoms with Gasteiger partial charge >= 0.3 is 6.03 Å². The first kappa shape index (κ1) is 16.3. The first-order chi connectivity index (χ1) is 12.6. The van der Waals surface area contributed by atoms with Gasteiger partial charge in [-0.2, -0.15) is 0 Å². The second kappa shape index (κ2) is 6.59. The van der Waals surface area contributed by atoms with Crippen LogP contribution in [-0.4, -0.2) is 18.7 Å². The van der Waals surface area contributed by atoms with Gasteiger partial charge in [0.2, 0.25) is 12.7 Å². The number of amides is 3. The Labute approximate surface area is 150 Å². The maximum Gasteiger partial charge on any atom is 0.337 e. The van der Waals surface area contributed by atoms with Crippen LogP contribution in [0.1, 0.15) is 23.5 Å². The van der Waals surface area contributed by atoms with Gasteiger partial charge in [-0.05, 0) is 37.0 Å². The van der Waals surface area contributed by atoms with E-state index in [1.54, 1.807) is 18.2 Å². The highest BCUT2D eigenvalue weighted by atomic mass is 16.7. The fraction of sp³-hybridized carbons (Fsp3) is 0.263. The Hall–Kier alpha value is -3.22. The molecule has 2 aromatic rings. The Morgan fingerprint density at radius 2 is 1.77 bits per heavy atom. The molecule has 0 aromatic heterocycles. The summed E-state index contributed by atoms with van der Waals surface area (Å²) in [5, 5.41) is 2.64. The zero-order valence-corrected chi connectivity index (χ0v) is 14.2. The molecule has 3 amide bonds. The van der Waals surface area contributed by atoms with E-state index in [4.69, 9.17) is 9.47 Å². The van der Waals surface area contributed by atoms with Gasteiger partial charge in [0.05, 0.1) is 0 Å². The maximum atomic E-state index is 12.2. The molecule has 2 aliphatic rings. The minimum atomic E-state index is -0.523. The summed E-state index contributed by atoms with van der Waals surface area (Å²) in [7, 11) is 0. The molecule has 0 spiro atoms. The Balaban J connectivity index is 1.26. The first-order valence-corrected chi connectivity index (χ1v) is 8.43. The van der Waals surface area contributed by atoms with E-state index >= 15 is 0 Å². The number of anilines is 1. The van der Waals surface area contributed by atoms with E-state index in [0.717, 1.165) is 12.0 Å². The van der Waals surface area contributed by atoms with Gasteiger partial charge in [-0.25, -0.2) is 10.2 Å². The normalized spacial score (nSPS) is 19.6. The SMILES string of the molecule is Cc1ccc([C@@H]2C[C@H]2C(=O)NNC(=O)Nc2ccc3c(c2)OCO3)cc1. The highest BCUT2D eigenvalue weighted by molar-refractivity contribution is 5.92. The lowest BCUT2D eigenvalue weighted by molar-refractivity contribution is -0.123. The Morgan fingerprint density at radius 3 is 2.58 bits per heavy atom. The van der Waals surface area contributed by atoms with Gasteiger partial charge in [-0.3, -0.25) is 10.2 Å². The summed E-state index contributed by atoms with van der Waals surface area (Å²) >= 11 is 0. The van der Waals surface area contributed by atoms with Crippen molar-refractivity contribution in [1.29, 1.82) is 0 Å². The van der Waals surface area contributed by atoms with Crippen LogP contribution in [0, 0.1) is 12.8 Å². The number of fused-ring (bicyclic) bond motifs is 1. The van der Waals surface area contributed by atoms with E-state index < -0.39 is 6.03 Å². The summed E-state index contributed by atoms with van der Waals surface area (Å²) in [6.45, 7) is 2.20. The van der Waals surface area contributed by atoms with Gasteiger partial charge in [-0.15, -0.1) is 0 Å². The first-order valence-electron chi connectivity index (χ1n) is 8.43. The molecule has 7 heteroatoms.